The molecule has 0 amide bonds. The molecule has 0 aliphatic rings. The summed E-state index contributed by atoms with van der Waals surface area (Å²) in [5.41, 5.74) is 1.73. The van der Waals surface area contributed by atoms with E-state index in [1.165, 1.54) is 0 Å². The quantitative estimate of drug-likeness (QED) is 0.638. The maximum atomic E-state index is 5.63. The van der Waals surface area contributed by atoms with E-state index >= 15 is 0 Å². The van der Waals surface area contributed by atoms with Gasteiger partial charge >= 0.3 is 0 Å². The Morgan fingerprint density at radius 1 is 1.31 bits per heavy atom. The van der Waals surface area contributed by atoms with Crippen LogP contribution in [0.5, 0.6) is 0 Å². The van der Waals surface area contributed by atoms with Crippen molar-refractivity contribution in [3.05, 3.63) is 36.9 Å². The highest BCUT2D eigenvalue weighted by Gasteiger charge is 2.11. The zero-order valence-corrected chi connectivity index (χ0v) is 8.92. The number of halogens is 1. The molecule has 0 saturated heterocycles. The minimum atomic E-state index is 0.261. The second-order valence-corrected chi connectivity index (χ2v) is 3.48. The molecule has 16 heavy (non-hydrogen) atoms. The van der Waals surface area contributed by atoms with E-state index in [0.29, 0.717) is 11.7 Å². The van der Waals surface area contributed by atoms with Crippen LogP contribution in [0.2, 0.25) is 0 Å². The standard InChI is InChI=1S/C10H7ClN4O/c11-3-10-13-6-9(16-10)7-4-14-15-2-1-12-5-8(7)15/h1-2,4-6H,3H2. The van der Waals surface area contributed by atoms with Crippen molar-refractivity contribution < 1.29 is 4.42 Å². The Kier molecular flexibility index (Phi) is 2.11. The molecule has 0 fully saturated rings. The molecule has 3 aromatic rings. The molecule has 3 heterocycles. The molecule has 80 valence electrons. The second-order valence-electron chi connectivity index (χ2n) is 3.22. The zero-order chi connectivity index (χ0) is 11.0. The van der Waals surface area contributed by atoms with Crippen molar-refractivity contribution in [2.24, 2.45) is 0 Å². The first-order valence-electron chi connectivity index (χ1n) is 4.67. The second kappa shape index (κ2) is 3.61. The highest BCUT2D eigenvalue weighted by Crippen LogP contribution is 2.24. The lowest BCUT2D eigenvalue weighted by Crippen LogP contribution is -1.85. The van der Waals surface area contributed by atoms with Crippen molar-refractivity contribution in [3.63, 3.8) is 0 Å². The van der Waals surface area contributed by atoms with Gasteiger partial charge in [0.15, 0.2) is 5.76 Å². The van der Waals surface area contributed by atoms with Gasteiger partial charge < -0.3 is 4.42 Å². The molecule has 6 heteroatoms. The molecule has 0 aliphatic carbocycles. The maximum Gasteiger partial charge on any atom is 0.209 e. The number of hydrogen-bond acceptors (Lipinski definition) is 4. The highest BCUT2D eigenvalue weighted by molar-refractivity contribution is 6.16. The van der Waals surface area contributed by atoms with Crippen LogP contribution in [-0.2, 0) is 5.88 Å². The van der Waals surface area contributed by atoms with Gasteiger partial charge in [-0.15, -0.1) is 11.6 Å². The molecule has 0 spiro atoms. The van der Waals surface area contributed by atoms with E-state index in [9.17, 15) is 0 Å². The molecule has 3 aromatic heterocycles. The third-order valence-corrected chi connectivity index (χ3v) is 2.49. The Morgan fingerprint density at radius 3 is 3.06 bits per heavy atom. The van der Waals surface area contributed by atoms with Crippen molar-refractivity contribution in [2.45, 2.75) is 5.88 Å². The van der Waals surface area contributed by atoms with E-state index in [-0.39, 0.29) is 5.88 Å². The van der Waals surface area contributed by atoms with Gasteiger partial charge in [0.2, 0.25) is 5.89 Å². The van der Waals surface area contributed by atoms with Crippen LogP contribution in [0, 0.1) is 0 Å². The lowest BCUT2D eigenvalue weighted by Gasteiger charge is -1.93. The lowest BCUT2D eigenvalue weighted by atomic mass is 10.2. The fraction of sp³-hybridized carbons (Fsp3) is 0.100. The predicted octanol–water partition coefficient (Wildman–Crippen LogP) is 2.12. The van der Waals surface area contributed by atoms with E-state index in [1.54, 1.807) is 35.5 Å². The molecular formula is C10H7ClN4O. The van der Waals surface area contributed by atoms with Gasteiger partial charge in [-0.2, -0.15) is 5.10 Å². The number of oxazole rings is 1. The van der Waals surface area contributed by atoms with Gasteiger partial charge in [0.25, 0.3) is 0 Å². The molecule has 5 nitrogen and oxygen atoms in total. The van der Waals surface area contributed by atoms with Crippen LogP contribution < -0.4 is 0 Å². The molecule has 0 aliphatic heterocycles. The summed E-state index contributed by atoms with van der Waals surface area (Å²) in [7, 11) is 0. The van der Waals surface area contributed by atoms with Crippen LogP contribution in [0.4, 0.5) is 0 Å². The van der Waals surface area contributed by atoms with Gasteiger partial charge in [0, 0.05) is 12.4 Å². The van der Waals surface area contributed by atoms with E-state index in [4.69, 9.17) is 16.0 Å². The Balaban J connectivity index is 2.18. The largest absolute Gasteiger partial charge is 0.439 e. The number of rotatable bonds is 2. The van der Waals surface area contributed by atoms with Crippen molar-refractivity contribution in [3.8, 4) is 11.3 Å². The van der Waals surface area contributed by atoms with E-state index in [1.807, 2.05) is 0 Å². The zero-order valence-electron chi connectivity index (χ0n) is 8.17. The highest BCUT2D eigenvalue weighted by atomic mass is 35.5. The summed E-state index contributed by atoms with van der Waals surface area (Å²) < 4.78 is 7.19. The van der Waals surface area contributed by atoms with Gasteiger partial charge in [0.1, 0.15) is 0 Å². The van der Waals surface area contributed by atoms with Crippen LogP contribution in [0.3, 0.4) is 0 Å². The fourth-order valence-electron chi connectivity index (χ4n) is 1.52. The average molecular weight is 235 g/mol. The normalized spacial score (nSPS) is 11.1. The van der Waals surface area contributed by atoms with Gasteiger partial charge in [0.05, 0.1) is 35.6 Å². The Morgan fingerprint density at radius 2 is 2.25 bits per heavy atom. The summed E-state index contributed by atoms with van der Waals surface area (Å²) in [5.74, 6) is 1.41. The van der Waals surface area contributed by atoms with Crippen LogP contribution >= 0.6 is 11.6 Å². The van der Waals surface area contributed by atoms with Gasteiger partial charge in [-0.1, -0.05) is 0 Å². The minimum Gasteiger partial charge on any atom is -0.439 e. The predicted molar refractivity (Wildman–Crippen MR) is 58.0 cm³/mol. The van der Waals surface area contributed by atoms with E-state index < -0.39 is 0 Å². The smallest absolute Gasteiger partial charge is 0.209 e. The van der Waals surface area contributed by atoms with Crippen LogP contribution in [-0.4, -0.2) is 19.6 Å². The summed E-state index contributed by atoms with van der Waals surface area (Å²) in [5, 5.41) is 4.19. The molecule has 0 saturated carbocycles. The SMILES string of the molecule is ClCc1ncc(-c2cnn3ccncc23)o1. The Labute approximate surface area is 95.7 Å². The molecule has 0 radical (unpaired) electrons. The van der Waals surface area contributed by atoms with Crippen molar-refractivity contribution in [1.29, 1.82) is 0 Å². The number of alkyl halides is 1. The Bertz CT molecular complexity index is 630. The molecular weight excluding hydrogens is 228 g/mol. The average Bonchev–Trinajstić information content (AvgIpc) is 2.94. The topological polar surface area (TPSA) is 56.2 Å². The molecule has 0 atom stereocenters. The number of hydrogen-bond donors (Lipinski definition) is 0. The third-order valence-electron chi connectivity index (χ3n) is 2.26. The fourth-order valence-corrected chi connectivity index (χ4v) is 1.64. The first-order valence-corrected chi connectivity index (χ1v) is 5.20. The minimum absolute atomic E-state index is 0.261. The molecule has 0 N–H and O–H groups in total. The van der Waals surface area contributed by atoms with Crippen molar-refractivity contribution in [2.75, 3.05) is 0 Å². The summed E-state index contributed by atoms with van der Waals surface area (Å²) in [4.78, 5) is 8.09. The summed E-state index contributed by atoms with van der Waals surface area (Å²) >= 11 is 5.63. The van der Waals surface area contributed by atoms with Crippen LogP contribution in [0.15, 0.2) is 35.4 Å². The van der Waals surface area contributed by atoms with Gasteiger partial charge in [-0.25, -0.2) is 9.50 Å². The molecule has 3 rings (SSSR count). The number of fused-ring (bicyclic) bond motifs is 1. The van der Waals surface area contributed by atoms with Crippen molar-refractivity contribution in [1.82, 2.24) is 19.6 Å². The van der Waals surface area contributed by atoms with Crippen molar-refractivity contribution >= 4 is 17.1 Å². The lowest BCUT2D eigenvalue weighted by molar-refractivity contribution is 0.529. The van der Waals surface area contributed by atoms with E-state index in [2.05, 4.69) is 15.1 Å². The molecule has 0 aromatic carbocycles. The number of aromatic nitrogens is 4. The summed E-state index contributed by atoms with van der Waals surface area (Å²) in [6.45, 7) is 0. The van der Waals surface area contributed by atoms with Crippen LogP contribution in [0.25, 0.3) is 16.8 Å². The number of nitrogens with zero attached hydrogens (tertiary/aromatic N) is 4. The third kappa shape index (κ3) is 1.37. The Hall–Kier alpha value is -1.88. The van der Waals surface area contributed by atoms with Gasteiger partial charge in [-0.05, 0) is 0 Å². The maximum absolute atomic E-state index is 5.63. The summed E-state index contributed by atoms with van der Waals surface area (Å²) in [6.07, 6.45) is 8.54. The molecule has 0 unspecified atom stereocenters. The monoisotopic (exact) mass is 234 g/mol. The van der Waals surface area contributed by atoms with Gasteiger partial charge in [-0.3, -0.25) is 4.98 Å². The summed E-state index contributed by atoms with van der Waals surface area (Å²) in [6, 6.07) is 0. The molecule has 0 bridgehead atoms. The first kappa shape index (κ1) is 9.35. The van der Waals surface area contributed by atoms with Crippen LogP contribution in [0.1, 0.15) is 5.89 Å². The first-order chi connectivity index (χ1) is 7.88. The van der Waals surface area contributed by atoms with E-state index in [0.717, 1.165) is 11.1 Å².